The molecule has 4 atom stereocenters. The first-order valence-corrected chi connectivity index (χ1v) is 5.24. The molecule has 1 heterocycles. The summed E-state index contributed by atoms with van der Waals surface area (Å²) < 4.78 is 4.98. The van der Waals surface area contributed by atoms with Gasteiger partial charge in [0, 0.05) is 13.2 Å². The molecule has 0 unspecified atom stereocenters. The molecule has 96 valence electrons. The Morgan fingerprint density at radius 3 is 2.44 bits per heavy atom. The maximum atomic E-state index is 9.56. The van der Waals surface area contributed by atoms with E-state index in [0.29, 0.717) is 13.0 Å². The summed E-state index contributed by atoms with van der Waals surface area (Å²) in [6.45, 7) is 0.0416. The van der Waals surface area contributed by atoms with E-state index in [1.807, 2.05) is 0 Å². The number of nitrogens with one attached hydrogen (secondary N) is 1. The average Bonchev–Trinajstić information content (AvgIpc) is 2.50. The summed E-state index contributed by atoms with van der Waals surface area (Å²) in [6.07, 6.45) is -3.00. The predicted octanol–water partition coefficient (Wildman–Crippen LogP) is -3.24. The Morgan fingerprint density at radius 1 is 1.25 bits per heavy atom. The molecule has 7 nitrogen and oxygen atoms in total. The van der Waals surface area contributed by atoms with Crippen LogP contribution in [0.15, 0.2) is 0 Å². The third-order valence-corrected chi connectivity index (χ3v) is 2.61. The highest BCUT2D eigenvalue weighted by molar-refractivity contribution is 4.95. The molecule has 1 rings (SSSR count). The van der Waals surface area contributed by atoms with E-state index in [9.17, 15) is 15.3 Å². The smallest absolute Gasteiger partial charge is 0.219 e. The maximum Gasteiger partial charge on any atom is 0.219 e. The quantitative estimate of drug-likeness (QED) is 0.268. The first-order chi connectivity index (χ1) is 7.55. The van der Waals surface area contributed by atoms with Gasteiger partial charge in [0.05, 0.1) is 6.61 Å². The molecule has 0 aliphatic carbocycles. The number of aliphatic hydroxyl groups is 5. The van der Waals surface area contributed by atoms with Crippen molar-refractivity contribution in [1.82, 2.24) is 5.32 Å². The fourth-order valence-electron chi connectivity index (χ4n) is 1.61. The Balaban J connectivity index is 2.39. The molecule has 16 heavy (non-hydrogen) atoms. The third-order valence-electron chi connectivity index (χ3n) is 2.61. The molecule has 1 fully saturated rings. The summed E-state index contributed by atoms with van der Waals surface area (Å²) in [4.78, 5) is 0. The Bertz CT molecular complexity index is 216. The van der Waals surface area contributed by atoms with Crippen LogP contribution >= 0.6 is 0 Å². The van der Waals surface area contributed by atoms with Crippen molar-refractivity contribution in [3.8, 4) is 0 Å². The molecule has 1 aliphatic rings. The summed E-state index contributed by atoms with van der Waals surface area (Å²) in [6, 6.07) is 0. The average molecular weight is 237 g/mol. The van der Waals surface area contributed by atoms with Crippen LogP contribution in [0.2, 0.25) is 0 Å². The van der Waals surface area contributed by atoms with Crippen LogP contribution in [-0.2, 0) is 4.74 Å². The summed E-state index contributed by atoms with van der Waals surface area (Å²) in [5, 5.41) is 48.8. The van der Waals surface area contributed by atoms with Crippen LogP contribution in [0.1, 0.15) is 6.42 Å². The molecule has 1 saturated heterocycles. The Kier molecular flexibility index (Phi) is 5.06. The molecular weight excluding hydrogens is 218 g/mol. The fraction of sp³-hybridized carbons (Fsp3) is 1.00. The van der Waals surface area contributed by atoms with E-state index < -0.39 is 30.7 Å². The zero-order chi connectivity index (χ0) is 12.2. The van der Waals surface area contributed by atoms with Gasteiger partial charge in [-0.1, -0.05) is 0 Å². The zero-order valence-corrected chi connectivity index (χ0v) is 8.91. The molecule has 7 heteroatoms. The number of rotatable bonds is 6. The van der Waals surface area contributed by atoms with Crippen molar-refractivity contribution in [2.45, 2.75) is 30.5 Å². The summed E-state index contributed by atoms with van der Waals surface area (Å²) >= 11 is 0. The molecule has 0 radical (unpaired) electrons. The van der Waals surface area contributed by atoms with Crippen molar-refractivity contribution in [2.24, 2.45) is 0 Å². The lowest BCUT2D eigenvalue weighted by molar-refractivity contribution is -0.245. The van der Waals surface area contributed by atoms with Gasteiger partial charge < -0.3 is 35.6 Å². The highest BCUT2D eigenvalue weighted by Crippen LogP contribution is 2.28. The van der Waals surface area contributed by atoms with E-state index in [-0.39, 0.29) is 13.2 Å². The van der Waals surface area contributed by atoms with Gasteiger partial charge in [0.2, 0.25) is 5.79 Å². The second-order valence-electron chi connectivity index (χ2n) is 3.88. The number of hydrogen-bond acceptors (Lipinski definition) is 7. The van der Waals surface area contributed by atoms with E-state index in [1.54, 1.807) is 0 Å². The van der Waals surface area contributed by atoms with Gasteiger partial charge in [-0.2, -0.15) is 0 Å². The van der Waals surface area contributed by atoms with Gasteiger partial charge in [-0.3, -0.25) is 0 Å². The minimum atomic E-state index is -2.09. The standard InChI is InChI=1S/C9H19NO6/c11-3-1-2-10-4-6-7(13)8(14)9(15,5-12)16-6/h6-8,10-15H,1-5H2/t6-,7+,8-,9+/m1/s1. The molecular formula is C9H19NO6. The highest BCUT2D eigenvalue weighted by Gasteiger charge is 2.52. The number of ether oxygens (including phenoxy) is 1. The van der Waals surface area contributed by atoms with E-state index in [4.69, 9.17) is 14.9 Å². The van der Waals surface area contributed by atoms with Crippen LogP contribution in [0.25, 0.3) is 0 Å². The molecule has 0 bridgehead atoms. The van der Waals surface area contributed by atoms with Crippen LogP contribution < -0.4 is 5.32 Å². The van der Waals surface area contributed by atoms with Gasteiger partial charge in [0.1, 0.15) is 18.3 Å². The Hall–Kier alpha value is -0.280. The summed E-state index contributed by atoms with van der Waals surface area (Å²) in [7, 11) is 0. The Morgan fingerprint density at radius 2 is 1.94 bits per heavy atom. The summed E-state index contributed by atoms with van der Waals surface area (Å²) in [5.74, 6) is -2.09. The maximum absolute atomic E-state index is 9.56. The van der Waals surface area contributed by atoms with Crippen LogP contribution in [0.3, 0.4) is 0 Å². The van der Waals surface area contributed by atoms with E-state index in [1.165, 1.54) is 0 Å². The molecule has 0 amide bonds. The second-order valence-corrected chi connectivity index (χ2v) is 3.88. The molecule has 0 aromatic carbocycles. The summed E-state index contributed by atoms with van der Waals surface area (Å²) in [5.41, 5.74) is 0. The normalized spacial score (nSPS) is 39.2. The predicted molar refractivity (Wildman–Crippen MR) is 53.5 cm³/mol. The van der Waals surface area contributed by atoms with Crippen molar-refractivity contribution in [2.75, 3.05) is 26.3 Å². The van der Waals surface area contributed by atoms with E-state index in [2.05, 4.69) is 5.32 Å². The topological polar surface area (TPSA) is 122 Å². The van der Waals surface area contributed by atoms with Gasteiger partial charge in [-0.25, -0.2) is 0 Å². The molecule has 1 aliphatic heterocycles. The van der Waals surface area contributed by atoms with Crippen LogP contribution in [0.5, 0.6) is 0 Å². The fourth-order valence-corrected chi connectivity index (χ4v) is 1.61. The second kappa shape index (κ2) is 5.87. The first-order valence-electron chi connectivity index (χ1n) is 5.24. The zero-order valence-electron chi connectivity index (χ0n) is 8.91. The van der Waals surface area contributed by atoms with Crippen LogP contribution in [0.4, 0.5) is 0 Å². The SMILES string of the molecule is OCCCNC[C@H]1O[C@@](O)(CO)[C@H](O)[C@H]1O. The van der Waals surface area contributed by atoms with Crippen LogP contribution in [0, 0.1) is 0 Å². The first kappa shape index (κ1) is 13.8. The largest absolute Gasteiger partial charge is 0.396 e. The minimum absolute atomic E-state index is 0.0598. The van der Waals surface area contributed by atoms with Gasteiger partial charge in [0.15, 0.2) is 0 Å². The van der Waals surface area contributed by atoms with Gasteiger partial charge in [0.25, 0.3) is 0 Å². The minimum Gasteiger partial charge on any atom is -0.396 e. The van der Waals surface area contributed by atoms with Gasteiger partial charge in [-0.15, -0.1) is 0 Å². The molecule has 0 aromatic rings. The Labute approximate surface area is 93.3 Å². The molecule has 0 spiro atoms. The van der Waals surface area contributed by atoms with Crippen molar-refractivity contribution in [3.05, 3.63) is 0 Å². The van der Waals surface area contributed by atoms with Crippen molar-refractivity contribution >= 4 is 0 Å². The lowest BCUT2D eigenvalue weighted by Gasteiger charge is -2.22. The molecule has 0 aromatic heterocycles. The van der Waals surface area contributed by atoms with Crippen molar-refractivity contribution in [3.63, 3.8) is 0 Å². The van der Waals surface area contributed by atoms with Gasteiger partial charge in [-0.05, 0) is 13.0 Å². The van der Waals surface area contributed by atoms with Gasteiger partial charge >= 0.3 is 0 Å². The lowest BCUT2D eigenvalue weighted by atomic mass is 10.1. The number of hydrogen-bond donors (Lipinski definition) is 6. The monoisotopic (exact) mass is 237 g/mol. The van der Waals surface area contributed by atoms with E-state index >= 15 is 0 Å². The molecule has 6 N–H and O–H groups in total. The molecule has 0 saturated carbocycles. The van der Waals surface area contributed by atoms with Crippen molar-refractivity contribution < 1.29 is 30.3 Å². The highest BCUT2D eigenvalue weighted by atomic mass is 16.7. The third kappa shape index (κ3) is 2.89. The van der Waals surface area contributed by atoms with Crippen LogP contribution in [-0.4, -0.2) is 75.9 Å². The van der Waals surface area contributed by atoms with E-state index in [0.717, 1.165) is 0 Å². The van der Waals surface area contributed by atoms with Crippen molar-refractivity contribution in [1.29, 1.82) is 0 Å². The lowest BCUT2D eigenvalue weighted by Crippen LogP contribution is -2.46. The number of aliphatic hydroxyl groups excluding tert-OH is 4.